The van der Waals surface area contributed by atoms with Crippen molar-refractivity contribution >= 4 is 22.8 Å². The highest BCUT2D eigenvalue weighted by atomic mass is 32.2. The van der Waals surface area contributed by atoms with Gasteiger partial charge in [0, 0.05) is 24.3 Å². The van der Waals surface area contributed by atoms with Crippen LogP contribution >= 0.6 is 11.8 Å². The first-order valence-electron chi connectivity index (χ1n) is 6.86. The average molecular weight is 269 g/mol. The van der Waals surface area contributed by atoms with E-state index in [1.165, 1.54) is 6.42 Å². The highest BCUT2D eigenvalue weighted by molar-refractivity contribution is 8.14. The van der Waals surface area contributed by atoms with Crippen LogP contribution in [0, 0.1) is 5.92 Å². The molecule has 0 aromatic heterocycles. The highest BCUT2D eigenvalue weighted by Gasteiger charge is 2.23. The molecule has 2 N–H and O–H groups in total. The second-order valence-corrected chi connectivity index (χ2v) is 6.57. The first kappa shape index (κ1) is 13.7. The van der Waals surface area contributed by atoms with Crippen molar-refractivity contribution < 1.29 is 4.79 Å². The molecule has 5 heteroatoms. The van der Waals surface area contributed by atoms with E-state index in [1.807, 2.05) is 0 Å². The maximum atomic E-state index is 11.5. The molecule has 18 heavy (non-hydrogen) atoms. The summed E-state index contributed by atoms with van der Waals surface area (Å²) in [5.74, 6) is 1.96. The van der Waals surface area contributed by atoms with Gasteiger partial charge in [0.1, 0.15) is 0 Å². The summed E-state index contributed by atoms with van der Waals surface area (Å²) < 4.78 is 0. The van der Waals surface area contributed by atoms with Crippen LogP contribution in [0.4, 0.5) is 0 Å². The minimum absolute atomic E-state index is 0.142. The van der Waals surface area contributed by atoms with Crippen molar-refractivity contribution in [2.24, 2.45) is 10.9 Å². The van der Waals surface area contributed by atoms with Gasteiger partial charge < -0.3 is 10.6 Å². The van der Waals surface area contributed by atoms with Crippen molar-refractivity contribution in [3.8, 4) is 0 Å². The molecule has 4 nitrogen and oxygen atoms in total. The minimum Gasteiger partial charge on any atom is -0.361 e. The van der Waals surface area contributed by atoms with Gasteiger partial charge in [0.15, 0.2) is 5.17 Å². The molecule has 1 aliphatic carbocycles. The Morgan fingerprint density at radius 3 is 3.00 bits per heavy atom. The van der Waals surface area contributed by atoms with Gasteiger partial charge in [0.2, 0.25) is 5.91 Å². The second kappa shape index (κ2) is 6.45. The molecule has 102 valence electrons. The van der Waals surface area contributed by atoms with E-state index in [0.29, 0.717) is 31.0 Å². The third kappa shape index (κ3) is 4.88. The van der Waals surface area contributed by atoms with Gasteiger partial charge in [-0.2, -0.15) is 0 Å². The fraction of sp³-hybridized carbons (Fsp3) is 0.846. The summed E-state index contributed by atoms with van der Waals surface area (Å²) in [6, 6.07) is 1.01. The molecular weight excluding hydrogens is 246 g/mol. The number of nitrogens with one attached hydrogen (secondary N) is 2. The molecule has 2 rings (SSSR count). The summed E-state index contributed by atoms with van der Waals surface area (Å²) >= 11 is 1.78. The SMILES string of the molecule is CC(C)CC1CSC(=NCCC(=O)NC2CC2)N1. The van der Waals surface area contributed by atoms with E-state index < -0.39 is 0 Å². The fourth-order valence-electron chi connectivity index (χ4n) is 2.01. The van der Waals surface area contributed by atoms with Crippen molar-refractivity contribution in [2.75, 3.05) is 12.3 Å². The summed E-state index contributed by atoms with van der Waals surface area (Å²) in [4.78, 5) is 15.9. The zero-order valence-electron chi connectivity index (χ0n) is 11.2. The molecule has 0 aromatic carbocycles. The molecule has 0 aromatic rings. The second-order valence-electron chi connectivity index (χ2n) is 5.56. The molecule has 0 bridgehead atoms. The first-order chi connectivity index (χ1) is 8.63. The van der Waals surface area contributed by atoms with Crippen LogP contribution in [-0.2, 0) is 4.79 Å². The number of aliphatic imine (C=N–C) groups is 1. The number of thioether (sulfide) groups is 1. The van der Waals surface area contributed by atoms with Gasteiger partial charge in [0.05, 0.1) is 6.54 Å². The van der Waals surface area contributed by atoms with Crippen molar-refractivity contribution in [3.63, 3.8) is 0 Å². The summed E-state index contributed by atoms with van der Waals surface area (Å²) in [7, 11) is 0. The van der Waals surface area contributed by atoms with Crippen LogP contribution in [0.25, 0.3) is 0 Å². The van der Waals surface area contributed by atoms with E-state index in [0.717, 1.165) is 23.8 Å². The summed E-state index contributed by atoms with van der Waals surface area (Å²) in [5.41, 5.74) is 0. The highest BCUT2D eigenvalue weighted by Crippen LogP contribution is 2.19. The van der Waals surface area contributed by atoms with Crippen LogP contribution in [0.2, 0.25) is 0 Å². The van der Waals surface area contributed by atoms with E-state index in [2.05, 4.69) is 29.5 Å². The lowest BCUT2D eigenvalue weighted by Gasteiger charge is -2.11. The van der Waals surface area contributed by atoms with Crippen molar-refractivity contribution in [3.05, 3.63) is 0 Å². The van der Waals surface area contributed by atoms with Crippen molar-refractivity contribution in [1.29, 1.82) is 0 Å². The summed E-state index contributed by atoms with van der Waals surface area (Å²) in [6.07, 6.45) is 3.99. The number of amides is 1. The zero-order chi connectivity index (χ0) is 13.0. The maximum Gasteiger partial charge on any atom is 0.222 e. The lowest BCUT2D eigenvalue weighted by atomic mass is 10.1. The van der Waals surface area contributed by atoms with Gasteiger partial charge >= 0.3 is 0 Å². The third-order valence-electron chi connectivity index (χ3n) is 3.04. The number of hydrogen-bond donors (Lipinski definition) is 2. The van der Waals surface area contributed by atoms with Crippen molar-refractivity contribution in [2.45, 2.75) is 51.6 Å². The van der Waals surface area contributed by atoms with Crippen LogP contribution in [0.5, 0.6) is 0 Å². The predicted molar refractivity (Wildman–Crippen MR) is 76.9 cm³/mol. The quantitative estimate of drug-likeness (QED) is 0.772. The smallest absolute Gasteiger partial charge is 0.222 e. The molecule has 1 amide bonds. The molecule has 0 spiro atoms. The van der Waals surface area contributed by atoms with Gasteiger partial charge in [-0.3, -0.25) is 9.79 Å². The number of amidine groups is 1. The Bertz CT molecular complexity index is 326. The predicted octanol–water partition coefficient (Wildman–Crippen LogP) is 1.76. The fourth-order valence-corrected chi connectivity index (χ4v) is 3.02. The van der Waals surface area contributed by atoms with E-state index in [4.69, 9.17) is 0 Å². The molecular formula is C13H23N3OS. The van der Waals surface area contributed by atoms with Gasteiger partial charge in [0.25, 0.3) is 0 Å². The van der Waals surface area contributed by atoms with Crippen molar-refractivity contribution in [1.82, 2.24) is 10.6 Å². The van der Waals surface area contributed by atoms with Gasteiger partial charge in [-0.15, -0.1) is 0 Å². The molecule has 1 saturated heterocycles. The number of carbonyl (C=O) groups excluding carboxylic acids is 1. The standard InChI is InChI=1S/C13H23N3OS/c1-9(2)7-11-8-18-13(16-11)14-6-5-12(17)15-10-3-4-10/h9-11H,3-8H2,1-2H3,(H,14,16)(H,15,17). The minimum atomic E-state index is 0.142. The van der Waals surface area contributed by atoms with Gasteiger partial charge in [-0.05, 0) is 25.2 Å². The molecule has 0 radical (unpaired) electrons. The molecule has 1 saturated carbocycles. The topological polar surface area (TPSA) is 53.5 Å². The van der Waals surface area contributed by atoms with E-state index in [-0.39, 0.29) is 5.91 Å². The number of nitrogens with zero attached hydrogens (tertiary/aromatic N) is 1. The molecule has 1 unspecified atom stereocenters. The maximum absolute atomic E-state index is 11.5. The lowest BCUT2D eigenvalue weighted by Crippen LogP contribution is -2.29. The Morgan fingerprint density at radius 2 is 2.33 bits per heavy atom. The van der Waals surface area contributed by atoms with Gasteiger partial charge in [-0.1, -0.05) is 25.6 Å². The van der Waals surface area contributed by atoms with Crippen LogP contribution in [-0.4, -0.2) is 35.5 Å². The Hall–Kier alpha value is -0.710. The van der Waals surface area contributed by atoms with E-state index in [1.54, 1.807) is 11.8 Å². The first-order valence-corrected chi connectivity index (χ1v) is 7.85. The number of rotatable bonds is 6. The van der Waals surface area contributed by atoms with Gasteiger partial charge in [-0.25, -0.2) is 0 Å². The van der Waals surface area contributed by atoms with E-state index in [9.17, 15) is 4.79 Å². The Kier molecular flexibility index (Phi) is 4.92. The summed E-state index contributed by atoms with van der Waals surface area (Å²) in [6.45, 7) is 5.08. The monoisotopic (exact) mass is 269 g/mol. The molecule has 2 aliphatic rings. The molecule has 2 fully saturated rings. The number of hydrogen-bond acceptors (Lipinski definition) is 3. The largest absolute Gasteiger partial charge is 0.361 e. The Labute approximate surface area is 113 Å². The zero-order valence-corrected chi connectivity index (χ0v) is 12.1. The molecule has 1 aliphatic heterocycles. The molecule has 1 atom stereocenters. The van der Waals surface area contributed by atoms with Crippen LogP contribution < -0.4 is 10.6 Å². The number of carbonyl (C=O) groups is 1. The third-order valence-corrected chi connectivity index (χ3v) is 4.13. The normalized spacial score (nSPS) is 25.5. The Balaban J connectivity index is 1.62. The average Bonchev–Trinajstić information content (AvgIpc) is 2.98. The van der Waals surface area contributed by atoms with Crippen LogP contribution in [0.1, 0.15) is 39.5 Å². The lowest BCUT2D eigenvalue weighted by molar-refractivity contribution is -0.121. The van der Waals surface area contributed by atoms with Crippen LogP contribution in [0.3, 0.4) is 0 Å². The van der Waals surface area contributed by atoms with Crippen LogP contribution in [0.15, 0.2) is 4.99 Å². The Morgan fingerprint density at radius 1 is 1.56 bits per heavy atom. The van der Waals surface area contributed by atoms with E-state index >= 15 is 0 Å². The molecule has 1 heterocycles. The summed E-state index contributed by atoms with van der Waals surface area (Å²) in [5, 5.41) is 7.42.